The van der Waals surface area contributed by atoms with Gasteiger partial charge in [-0.1, -0.05) is 23.2 Å². The van der Waals surface area contributed by atoms with Crippen LogP contribution in [0.4, 0.5) is 0 Å². The third-order valence-electron chi connectivity index (χ3n) is 5.03. The van der Waals surface area contributed by atoms with Crippen molar-refractivity contribution in [1.29, 1.82) is 0 Å². The molecule has 5 heterocycles. The minimum atomic E-state index is -0.413. The molecule has 162 valence electrons. The number of H-pyrrole nitrogens is 1. The number of aryl methyl sites for hydroxylation is 2. The number of halogens is 2. The summed E-state index contributed by atoms with van der Waals surface area (Å²) in [4.78, 5) is 12.7. The average molecular weight is 469 g/mol. The maximum absolute atomic E-state index is 6.26. The molecule has 11 heteroatoms. The topological polar surface area (TPSA) is 99.3 Å². The maximum Gasteiger partial charge on any atom is 0.214 e. The third kappa shape index (κ3) is 4.04. The third-order valence-corrected chi connectivity index (χ3v) is 5.63. The quantitative estimate of drug-likeness (QED) is 0.375. The number of imidazole rings is 1. The van der Waals surface area contributed by atoms with Gasteiger partial charge in [0.1, 0.15) is 17.3 Å². The summed E-state index contributed by atoms with van der Waals surface area (Å²) in [6.07, 6.45) is 11.8. The number of aromatic nitrogens is 8. The van der Waals surface area contributed by atoms with Crippen LogP contribution >= 0.6 is 23.2 Å². The molecule has 9 nitrogen and oxygen atoms in total. The van der Waals surface area contributed by atoms with Gasteiger partial charge >= 0.3 is 0 Å². The van der Waals surface area contributed by atoms with Crippen LogP contribution in [0.5, 0.6) is 5.88 Å². The van der Waals surface area contributed by atoms with Crippen molar-refractivity contribution < 1.29 is 4.74 Å². The van der Waals surface area contributed by atoms with E-state index in [1.165, 1.54) is 12.4 Å². The Morgan fingerprint density at radius 2 is 1.94 bits per heavy atom. The van der Waals surface area contributed by atoms with E-state index in [4.69, 9.17) is 27.9 Å². The van der Waals surface area contributed by atoms with Crippen LogP contribution in [-0.4, -0.2) is 39.5 Å². The highest BCUT2D eigenvalue weighted by Gasteiger charge is 2.18. The maximum atomic E-state index is 6.26. The zero-order valence-corrected chi connectivity index (χ0v) is 18.5. The number of fused-ring (bicyclic) bond motifs is 1. The van der Waals surface area contributed by atoms with Crippen LogP contribution in [0.2, 0.25) is 10.0 Å². The second-order valence-electron chi connectivity index (χ2n) is 7.19. The highest BCUT2D eigenvalue weighted by atomic mass is 35.5. The van der Waals surface area contributed by atoms with E-state index in [1.54, 1.807) is 24.8 Å². The van der Waals surface area contributed by atoms with Crippen molar-refractivity contribution in [2.45, 2.75) is 26.1 Å². The fraction of sp³-hybridized carbons (Fsp3) is 0.190. The Kier molecular flexibility index (Phi) is 5.50. The molecule has 0 bridgehead atoms. The highest BCUT2D eigenvalue weighted by molar-refractivity contribution is 6.35. The molecule has 0 unspecified atom stereocenters. The van der Waals surface area contributed by atoms with Crippen molar-refractivity contribution >= 4 is 34.2 Å². The summed E-state index contributed by atoms with van der Waals surface area (Å²) in [5.74, 6) is 0.434. The monoisotopic (exact) mass is 468 g/mol. The summed E-state index contributed by atoms with van der Waals surface area (Å²) in [6, 6.07) is 3.65. The van der Waals surface area contributed by atoms with E-state index in [1.807, 2.05) is 34.6 Å². The molecule has 0 aliphatic rings. The summed E-state index contributed by atoms with van der Waals surface area (Å²) in [6.45, 7) is 3.35. The van der Waals surface area contributed by atoms with Crippen molar-refractivity contribution in [3.8, 4) is 17.1 Å². The number of pyridine rings is 2. The molecule has 1 N–H and O–H groups in total. The largest absolute Gasteiger partial charge is 0.470 e. The highest BCUT2D eigenvalue weighted by Crippen LogP contribution is 2.33. The van der Waals surface area contributed by atoms with Crippen LogP contribution in [0.15, 0.2) is 55.6 Å². The molecule has 0 aliphatic heterocycles. The number of hydrogen-bond acceptors (Lipinski definition) is 6. The SMILES string of the molecule is C[C@@H](Oc1ccc2[nH]nc(-c3cnn(CCn4ccnc4)c3)c2n1)c1c(Cl)cncc1Cl. The van der Waals surface area contributed by atoms with E-state index >= 15 is 0 Å². The lowest BCUT2D eigenvalue weighted by Crippen LogP contribution is -2.06. The molecule has 0 aromatic carbocycles. The predicted octanol–water partition coefficient (Wildman–Crippen LogP) is 4.56. The number of rotatable bonds is 7. The van der Waals surface area contributed by atoms with Gasteiger partial charge in [0, 0.05) is 54.7 Å². The zero-order chi connectivity index (χ0) is 22.1. The molecule has 0 saturated carbocycles. The van der Waals surface area contributed by atoms with Crippen molar-refractivity contribution in [2.75, 3.05) is 0 Å². The molecule has 5 rings (SSSR count). The van der Waals surface area contributed by atoms with Crippen LogP contribution in [0.1, 0.15) is 18.6 Å². The molecule has 0 fully saturated rings. The Bertz CT molecular complexity index is 1340. The minimum absolute atomic E-state index is 0.413. The van der Waals surface area contributed by atoms with Gasteiger partial charge in [0.2, 0.25) is 5.88 Å². The number of aromatic amines is 1. The van der Waals surface area contributed by atoms with E-state index in [0.717, 1.165) is 17.6 Å². The molecular formula is C21H18Cl2N8O. The molecule has 0 saturated heterocycles. The van der Waals surface area contributed by atoms with E-state index in [0.29, 0.717) is 39.2 Å². The van der Waals surface area contributed by atoms with Crippen molar-refractivity contribution in [3.05, 3.63) is 71.2 Å². The Morgan fingerprint density at radius 1 is 1.09 bits per heavy atom. The molecule has 5 aromatic rings. The van der Waals surface area contributed by atoms with Gasteiger partial charge in [0.15, 0.2) is 0 Å². The van der Waals surface area contributed by atoms with Gasteiger partial charge in [-0.05, 0) is 13.0 Å². The first kappa shape index (κ1) is 20.5. The molecule has 0 spiro atoms. The molecule has 0 amide bonds. The van der Waals surface area contributed by atoms with Gasteiger partial charge in [-0.25, -0.2) is 9.97 Å². The second kappa shape index (κ2) is 8.60. The van der Waals surface area contributed by atoms with Crippen LogP contribution in [-0.2, 0) is 13.1 Å². The van der Waals surface area contributed by atoms with Gasteiger partial charge in [0.05, 0.1) is 34.6 Å². The minimum Gasteiger partial charge on any atom is -0.470 e. The Labute approximate surface area is 193 Å². The van der Waals surface area contributed by atoms with E-state index in [-0.39, 0.29) is 0 Å². The number of nitrogens with one attached hydrogen (secondary N) is 1. The average Bonchev–Trinajstić information content (AvgIpc) is 3.52. The number of hydrogen-bond donors (Lipinski definition) is 1. The second-order valence-corrected chi connectivity index (χ2v) is 8.00. The summed E-state index contributed by atoms with van der Waals surface area (Å²) in [5.41, 5.74) is 3.71. The van der Waals surface area contributed by atoms with Crippen LogP contribution in [0, 0.1) is 0 Å². The van der Waals surface area contributed by atoms with Crippen LogP contribution in [0.25, 0.3) is 22.3 Å². The lowest BCUT2D eigenvalue weighted by atomic mass is 10.2. The fourth-order valence-electron chi connectivity index (χ4n) is 3.44. The van der Waals surface area contributed by atoms with Crippen LogP contribution in [0.3, 0.4) is 0 Å². The summed E-state index contributed by atoms with van der Waals surface area (Å²) >= 11 is 12.5. The molecule has 5 aromatic heterocycles. The first-order valence-electron chi connectivity index (χ1n) is 9.88. The van der Waals surface area contributed by atoms with E-state index < -0.39 is 6.10 Å². The molecule has 0 radical (unpaired) electrons. The van der Waals surface area contributed by atoms with Gasteiger partial charge in [0.25, 0.3) is 0 Å². The summed E-state index contributed by atoms with van der Waals surface area (Å²) in [5, 5.41) is 12.8. The lowest BCUT2D eigenvalue weighted by molar-refractivity contribution is 0.218. The number of nitrogens with zero attached hydrogens (tertiary/aromatic N) is 7. The van der Waals surface area contributed by atoms with E-state index in [2.05, 4.69) is 30.2 Å². The smallest absolute Gasteiger partial charge is 0.214 e. The molecule has 1 atom stereocenters. The summed E-state index contributed by atoms with van der Waals surface area (Å²) < 4.78 is 9.90. The van der Waals surface area contributed by atoms with E-state index in [9.17, 15) is 0 Å². The first-order valence-corrected chi connectivity index (χ1v) is 10.6. The van der Waals surface area contributed by atoms with Gasteiger partial charge in [-0.3, -0.25) is 14.8 Å². The standard InChI is InChI=1S/C21H18Cl2N8O/c1-13(19-15(22)9-25-10-16(19)23)32-18-3-2-17-21(27-18)20(29-28-17)14-8-26-31(11-14)7-6-30-5-4-24-12-30/h2-5,8-13H,6-7H2,1H3,(H,28,29)/t13-/m1/s1. The summed E-state index contributed by atoms with van der Waals surface area (Å²) in [7, 11) is 0. The zero-order valence-electron chi connectivity index (χ0n) is 17.0. The Morgan fingerprint density at radius 3 is 2.72 bits per heavy atom. The number of ether oxygens (including phenoxy) is 1. The molecule has 0 aliphatic carbocycles. The van der Waals surface area contributed by atoms with Gasteiger partial charge in [-0.15, -0.1) is 0 Å². The fourth-order valence-corrected chi connectivity index (χ4v) is 4.11. The Balaban J connectivity index is 1.38. The van der Waals surface area contributed by atoms with Crippen molar-refractivity contribution in [3.63, 3.8) is 0 Å². The molecule has 32 heavy (non-hydrogen) atoms. The van der Waals surface area contributed by atoms with Crippen molar-refractivity contribution in [1.82, 2.24) is 39.5 Å². The van der Waals surface area contributed by atoms with Crippen molar-refractivity contribution in [2.24, 2.45) is 0 Å². The Hall–Kier alpha value is -3.43. The predicted molar refractivity (Wildman–Crippen MR) is 121 cm³/mol. The van der Waals surface area contributed by atoms with Crippen LogP contribution < -0.4 is 4.74 Å². The molecular weight excluding hydrogens is 451 g/mol. The lowest BCUT2D eigenvalue weighted by Gasteiger charge is -2.16. The normalized spacial score (nSPS) is 12.3. The van der Waals surface area contributed by atoms with Gasteiger partial charge in [-0.2, -0.15) is 10.2 Å². The van der Waals surface area contributed by atoms with Gasteiger partial charge < -0.3 is 9.30 Å². The first-order chi connectivity index (χ1) is 15.6.